The second kappa shape index (κ2) is 5.81. The first-order valence-corrected chi connectivity index (χ1v) is 6.78. The number of para-hydroxylation sites is 3. The summed E-state index contributed by atoms with van der Waals surface area (Å²) in [6.07, 6.45) is 1.51. The molecular formula is C17H14N2O3. The van der Waals surface area contributed by atoms with Crippen LogP contribution in [0.4, 0.5) is 0 Å². The van der Waals surface area contributed by atoms with Crippen LogP contribution in [0, 0.1) is 0 Å². The maximum absolute atomic E-state index is 11.8. The SMILES string of the molecule is COc1ccccc1C(C(=O)O)c1cnc2ccccc2n1. The van der Waals surface area contributed by atoms with Crippen LogP contribution in [0.2, 0.25) is 0 Å². The Balaban J connectivity index is 2.16. The molecular weight excluding hydrogens is 280 g/mol. The highest BCUT2D eigenvalue weighted by Crippen LogP contribution is 2.31. The van der Waals surface area contributed by atoms with Crippen LogP contribution >= 0.6 is 0 Å². The van der Waals surface area contributed by atoms with Crippen LogP contribution in [0.25, 0.3) is 11.0 Å². The number of aliphatic carboxylic acids is 1. The van der Waals surface area contributed by atoms with E-state index in [0.29, 0.717) is 22.5 Å². The van der Waals surface area contributed by atoms with Gasteiger partial charge in [-0.25, -0.2) is 4.98 Å². The summed E-state index contributed by atoms with van der Waals surface area (Å²) in [5, 5.41) is 9.65. The van der Waals surface area contributed by atoms with Gasteiger partial charge in [-0.2, -0.15) is 0 Å². The number of hydrogen-bond acceptors (Lipinski definition) is 4. The number of rotatable bonds is 4. The van der Waals surface area contributed by atoms with E-state index in [1.807, 2.05) is 24.3 Å². The number of ether oxygens (including phenoxy) is 1. The lowest BCUT2D eigenvalue weighted by molar-refractivity contribution is -0.137. The van der Waals surface area contributed by atoms with Gasteiger partial charge >= 0.3 is 5.97 Å². The average Bonchev–Trinajstić information content (AvgIpc) is 2.55. The molecule has 5 heteroatoms. The number of hydrogen-bond donors (Lipinski definition) is 1. The number of aromatic nitrogens is 2. The zero-order chi connectivity index (χ0) is 15.5. The van der Waals surface area contributed by atoms with Gasteiger partial charge in [0.25, 0.3) is 0 Å². The number of carboxylic acids is 1. The van der Waals surface area contributed by atoms with Crippen molar-refractivity contribution in [1.29, 1.82) is 0 Å². The quantitative estimate of drug-likeness (QED) is 0.801. The van der Waals surface area contributed by atoms with E-state index in [1.54, 1.807) is 24.3 Å². The molecule has 1 N–H and O–H groups in total. The number of nitrogens with zero attached hydrogens (tertiary/aromatic N) is 2. The van der Waals surface area contributed by atoms with Crippen LogP contribution in [0.5, 0.6) is 5.75 Å². The zero-order valence-corrected chi connectivity index (χ0v) is 11.9. The van der Waals surface area contributed by atoms with E-state index < -0.39 is 11.9 Å². The molecule has 0 saturated heterocycles. The third kappa shape index (κ3) is 2.48. The summed E-state index contributed by atoms with van der Waals surface area (Å²) in [5.41, 5.74) is 2.34. The minimum atomic E-state index is -0.992. The summed E-state index contributed by atoms with van der Waals surface area (Å²) >= 11 is 0. The van der Waals surface area contributed by atoms with E-state index in [4.69, 9.17) is 4.74 Å². The standard InChI is InChI=1S/C17H14N2O3/c1-22-15-9-5-2-6-11(15)16(17(20)21)14-10-18-12-7-3-4-8-13(12)19-14/h2-10,16H,1H3,(H,20,21). The fourth-order valence-corrected chi connectivity index (χ4v) is 2.43. The molecule has 0 fully saturated rings. The monoisotopic (exact) mass is 294 g/mol. The highest BCUT2D eigenvalue weighted by atomic mass is 16.5. The van der Waals surface area contributed by atoms with Crippen molar-refractivity contribution in [1.82, 2.24) is 9.97 Å². The number of carbonyl (C=O) groups is 1. The van der Waals surface area contributed by atoms with Gasteiger partial charge in [0.1, 0.15) is 11.7 Å². The fourth-order valence-electron chi connectivity index (χ4n) is 2.43. The molecule has 0 aliphatic heterocycles. The molecule has 1 aromatic heterocycles. The molecule has 22 heavy (non-hydrogen) atoms. The third-order valence-corrected chi connectivity index (χ3v) is 3.46. The average molecular weight is 294 g/mol. The first-order chi connectivity index (χ1) is 10.7. The molecule has 110 valence electrons. The molecule has 1 unspecified atom stereocenters. The largest absolute Gasteiger partial charge is 0.496 e. The smallest absolute Gasteiger partial charge is 0.317 e. The molecule has 5 nitrogen and oxygen atoms in total. The van der Waals surface area contributed by atoms with Crippen molar-refractivity contribution >= 4 is 17.0 Å². The first-order valence-electron chi connectivity index (χ1n) is 6.78. The predicted octanol–water partition coefficient (Wildman–Crippen LogP) is 2.85. The van der Waals surface area contributed by atoms with Crippen LogP contribution in [-0.2, 0) is 4.79 Å². The molecule has 0 spiro atoms. The zero-order valence-electron chi connectivity index (χ0n) is 11.9. The van der Waals surface area contributed by atoms with Gasteiger partial charge in [-0.3, -0.25) is 9.78 Å². The molecule has 3 aromatic rings. The van der Waals surface area contributed by atoms with E-state index in [-0.39, 0.29) is 0 Å². The highest BCUT2D eigenvalue weighted by Gasteiger charge is 2.27. The van der Waals surface area contributed by atoms with Gasteiger partial charge in [-0.15, -0.1) is 0 Å². The summed E-state index contributed by atoms with van der Waals surface area (Å²) in [6, 6.07) is 14.4. The molecule has 0 aliphatic carbocycles. The van der Waals surface area contributed by atoms with Crippen molar-refractivity contribution < 1.29 is 14.6 Å². The molecule has 0 bridgehead atoms. The van der Waals surface area contributed by atoms with Gasteiger partial charge in [0.15, 0.2) is 0 Å². The van der Waals surface area contributed by atoms with Gasteiger partial charge in [0, 0.05) is 5.56 Å². The van der Waals surface area contributed by atoms with Crippen molar-refractivity contribution in [3.8, 4) is 5.75 Å². The van der Waals surface area contributed by atoms with Crippen molar-refractivity contribution in [2.75, 3.05) is 7.11 Å². The molecule has 2 aromatic carbocycles. The number of carboxylic acid groups (broad SMARTS) is 1. The third-order valence-electron chi connectivity index (χ3n) is 3.46. The Labute approximate surface area is 127 Å². The van der Waals surface area contributed by atoms with Crippen molar-refractivity contribution in [3.63, 3.8) is 0 Å². The molecule has 0 amide bonds. The predicted molar refractivity (Wildman–Crippen MR) is 82.0 cm³/mol. The maximum Gasteiger partial charge on any atom is 0.317 e. The second-order valence-corrected chi connectivity index (χ2v) is 4.80. The normalized spacial score (nSPS) is 12.0. The Morgan fingerprint density at radius 2 is 1.77 bits per heavy atom. The van der Waals surface area contributed by atoms with Crippen molar-refractivity contribution in [3.05, 3.63) is 66.0 Å². The second-order valence-electron chi connectivity index (χ2n) is 4.80. The maximum atomic E-state index is 11.8. The minimum Gasteiger partial charge on any atom is -0.496 e. The lowest BCUT2D eigenvalue weighted by Crippen LogP contribution is -2.16. The minimum absolute atomic E-state index is 0.385. The molecule has 1 atom stereocenters. The van der Waals surface area contributed by atoms with Crippen LogP contribution in [0.1, 0.15) is 17.2 Å². The van der Waals surface area contributed by atoms with Crippen LogP contribution in [0.15, 0.2) is 54.7 Å². The summed E-state index contributed by atoms with van der Waals surface area (Å²) in [5.74, 6) is -1.40. The van der Waals surface area contributed by atoms with Crippen molar-refractivity contribution in [2.45, 2.75) is 5.92 Å². The van der Waals surface area contributed by atoms with Crippen LogP contribution in [0.3, 0.4) is 0 Å². The first kappa shape index (κ1) is 14.0. The van der Waals surface area contributed by atoms with E-state index in [2.05, 4.69) is 9.97 Å². The molecule has 0 radical (unpaired) electrons. The van der Waals surface area contributed by atoms with Gasteiger partial charge in [0.05, 0.1) is 30.0 Å². The van der Waals surface area contributed by atoms with Crippen molar-refractivity contribution in [2.24, 2.45) is 0 Å². The van der Waals surface area contributed by atoms with Gasteiger partial charge < -0.3 is 9.84 Å². The highest BCUT2D eigenvalue weighted by molar-refractivity contribution is 5.82. The Hall–Kier alpha value is -2.95. The Morgan fingerprint density at radius 3 is 2.50 bits per heavy atom. The molecule has 3 rings (SSSR count). The Morgan fingerprint density at radius 1 is 1.09 bits per heavy atom. The van der Waals surface area contributed by atoms with E-state index in [0.717, 1.165) is 5.52 Å². The van der Waals surface area contributed by atoms with E-state index >= 15 is 0 Å². The number of benzene rings is 2. The van der Waals surface area contributed by atoms with Crippen LogP contribution in [-0.4, -0.2) is 28.2 Å². The Kier molecular flexibility index (Phi) is 3.70. The van der Waals surface area contributed by atoms with E-state index in [9.17, 15) is 9.90 Å². The molecule has 0 aliphatic rings. The fraction of sp³-hybridized carbons (Fsp3) is 0.118. The number of methoxy groups -OCH3 is 1. The topological polar surface area (TPSA) is 72.3 Å². The summed E-state index contributed by atoms with van der Waals surface area (Å²) in [7, 11) is 1.52. The summed E-state index contributed by atoms with van der Waals surface area (Å²) in [4.78, 5) is 20.5. The summed E-state index contributed by atoms with van der Waals surface area (Å²) < 4.78 is 5.27. The van der Waals surface area contributed by atoms with Gasteiger partial charge in [-0.1, -0.05) is 30.3 Å². The lowest BCUT2D eigenvalue weighted by Gasteiger charge is -2.15. The molecule has 1 heterocycles. The summed E-state index contributed by atoms with van der Waals surface area (Å²) in [6.45, 7) is 0. The lowest BCUT2D eigenvalue weighted by atomic mass is 9.95. The van der Waals surface area contributed by atoms with E-state index in [1.165, 1.54) is 13.3 Å². The Bertz CT molecular complexity index is 833. The number of fused-ring (bicyclic) bond motifs is 1. The van der Waals surface area contributed by atoms with Gasteiger partial charge in [0.2, 0.25) is 0 Å². The van der Waals surface area contributed by atoms with Crippen LogP contribution < -0.4 is 4.74 Å². The van der Waals surface area contributed by atoms with Gasteiger partial charge in [-0.05, 0) is 18.2 Å². The molecule has 0 saturated carbocycles.